The SMILES string of the molecule is CCOc1ccc(NC(=O)c2cc(Br)cc(Br)c2OC)cc1[N+](=O)[O-]. The van der Waals surface area contributed by atoms with Gasteiger partial charge in [0.05, 0.1) is 28.7 Å². The Morgan fingerprint density at radius 2 is 2.00 bits per heavy atom. The maximum atomic E-state index is 12.6. The summed E-state index contributed by atoms with van der Waals surface area (Å²) >= 11 is 6.64. The fraction of sp³-hybridized carbons (Fsp3) is 0.188. The minimum absolute atomic E-state index is 0.147. The molecule has 2 aromatic carbocycles. The number of nitro groups is 1. The van der Waals surface area contributed by atoms with Crippen molar-refractivity contribution in [1.29, 1.82) is 0 Å². The highest BCUT2D eigenvalue weighted by Crippen LogP contribution is 2.34. The van der Waals surface area contributed by atoms with Gasteiger partial charge in [-0.05, 0) is 47.1 Å². The smallest absolute Gasteiger partial charge is 0.312 e. The number of methoxy groups -OCH3 is 1. The fourth-order valence-corrected chi connectivity index (χ4v) is 3.54. The lowest BCUT2D eigenvalue weighted by molar-refractivity contribution is -0.385. The van der Waals surface area contributed by atoms with Crippen molar-refractivity contribution in [2.75, 3.05) is 19.0 Å². The van der Waals surface area contributed by atoms with Crippen LogP contribution in [-0.2, 0) is 0 Å². The number of carbonyl (C=O) groups is 1. The van der Waals surface area contributed by atoms with E-state index in [0.717, 1.165) is 0 Å². The van der Waals surface area contributed by atoms with Crippen molar-refractivity contribution in [2.45, 2.75) is 6.92 Å². The van der Waals surface area contributed by atoms with E-state index in [-0.39, 0.29) is 22.7 Å². The Balaban J connectivity index is 2.35. The van der Waals surface area contributed by atoms with Gasteiger partial charge in [-0.2, -0.15) is 0 Å². The number of hydrogen-bond acceptors (Lipinski definition) is 5. The summed E-state index contributed by atoms with van der Waals surface area (Å²) in [6.07, 6.45) is 0. The molecular weight excluding hydrogens is 460 g/mol. The standard InChI is InChI=1S/C16H14Br2N2O5/c1-3-25-14-5-4-10(8-13(14)20(22)23)19-16(21)11-6-9(17)7-12(18)15(11)24-2/h4-8H,3H2,1-2H3,(H,19,21). The lowest BCUT2D eigenvalue weighted by Crippen LogP contribution is -2.14. The molecule has 0 saturated heterocycles. The summed E-state index contributed by atoms with van der Waals surface area (Å²) in [5, 5.41) is 13.8. The first-order valence-electron chi connectivity index (χ1n) is 7.13. The molecule has 0 spiro atoms. The number of nitro benzene ring substituents is 1. The highest BCUT2D eigenvalue weighted by Gasteiger charge is 2.20. The van der Waals surface area contributed by atoms with E-state index in [1.807, 2.05) is 0 Å². The normalized spacial score (nSPS) is 10.2. The van der Waals surface area contributed by atoms with E-state index in [1.165, 1.54) is 25.3 Å². The highest BCUT2D eigenvalue weighted by molar-refractivity contribution is 9.11. The molecule has 0 bridgehead atoms. The van der Waals surface area contributed by atoms with Gasteiger partial charge in [0.25, 0.3) is 5.91 Å². The largest absolute Gasteiger partial charge is 0.495 e. The van der Waals surface area contributed by atoms with Gasteiger partial charge in [0.15, 0.2) is 5.75 Å². The number of amides is 1. The summed E-state index contributed by atoms with van der Waals surface area (Å²) in [7, 11) is 1.45. The van der Waals surface area contributed by atoms with Gasteiger partial charge < -0.3 is 14.8 Å². The Hall–Kier alpha value is -2.13. The number of halogens is 2. The van der Waals surface area contributed by atoms with Crippen LogP contribution in [0.1, 0.15) is 17.3 Å². The zero-order valence-electron chi connectivity index (χ0n) is 13.3. The van der Waals surface area contributed by atoms with Crippen LogP contribution in [0.25, 0.3) is 0 Å². The molecule has 132 valence electrons. The minimum atomic E-state index is -0.559. The highest BCUT2D eigenvalue weighted by atomic mass is 79.9. The lowest BCUT2D eigenvalue weighted by atomic mass is 10.1. The second-order valence-corrected chi connectivity index (χ2v) is 6.57. The predicted molar refractivity (Wildman–Crippen MR) is 101 cm³/mol. The van der Waals surface area contributed by atoms with Gasteiger partial charge in [-0.15, -0.1) is 0 Å². The second kappa shape index (κ2) is 8.30. The first kappa shape index (κ1) is 19.2. The van der Waals surface area contributed by atoms with Gasteiger partial charge in [0, 0.05) is 16.2 Å². The minimum Gasteiger partial charge on any atom is -0.495 e. The van der Waals surface area contributed by atoms with Crippen LogP contribution in [0.4, 0.5) is 11.4 Å². The monoisotopic (exact) mass is 472 g/mol. The number of anilines is 1. The Morgan fingerprint density at radius 1 is 1.28 bits per heavy atom. The van der Waals surface area contributed by atoms with Crippen molar-refractivity contribution in [2.24, 2.45) is 0 Å². The second-order valence-electron chi connectivity index (χ2n) is 4.80. The van der Waals surface area contributed by atoms with Gasteiger partial charge >= 0.3 is 5.69 Å². The molecule has 0 saturated carbocycles. The third-order valence-electron chi connectivity index (χ3n) is 3.17. The number of ether oxygens (including phenoxy) is 2. The van der Waals surface area contributed by atoms with E-state index in [9.17, 15) is 14.9 Å². The summed E-state index contributed by atoms with van der Waals surface area (Å²) in [6.45, 7) is 2.03. The van der Waals surface area contributed by atoms with E-state index in [1.54, 1.807) is 19.1 Å². The van der Waals surface area contributed by atoms with Crippen LogP contribution in [-0.4, -0.2) is 24.5 Å². The van der Waals surface area contributed by atoms with Crippen molar-refractivity contribution in [1.82, 2.24) is 0 Å². The van der Waals surface area contributed by atoms with Crippen LogP contribution < -0.4 is 14.8 Å². The lowest BCUT2D eigenvalue weighted by Gasteiger charge is -2.12. The Labute approximate surface area is 160 Å². The molecule has 1 N–H and O–H groups in total. The number of rotatable bonds is 6. The van der Waals surface area contributed by atoms with Crippen molar-refractivity contribution < 1.29 is 19.2 Å². The topological polar surface area (TPSA) is 90.7 Å². The van der Waals surface area contributed by atoms with Gasteiger partial charge in [-0.3, -0.25) is 14.9 Å². The predicted octanol–water partition coefficient (Wildman–Crippen LogP) is 4.78. The molecule has 2 rings (SSSR count). The zero-order valence-corrected chi connectivity index (χ0v) is 16.5. The van der Waals surface area contributed by atoms with Crippen molar-refractivity contribution in [3.63, 3.8) is 0 Å². The molecule has 0 atom stereocenters. The Bertz CT molecular complexity index is 826. The number of benzene rings is 2. The Morgan fingerprint density at radius 3 is 2.60 bits per heavy atom. The van der Waals surface area contributed by atoms with E-state index < -0.39 is 10.8 Å². The molecular formula is C16H14Br2N2O5. The molecule has 0 aliphatic rings. The first-order chi connectivity index (χ1) is 11.9. The molecule has 0 radical (unpaired) electrons. The van der Waals surface area contributed by atoms with Crippen LogP contribution in [0.3, 0.4) is 0 Å². The van der Waals surface area contributed by atoms with Crippen molar-refractivity contribution >= 4 is 49.1 Å². The summed E-state index contributed by atoms with van der Waals surface area (Å²) in [5.74, 6) is 0.0479. The molecule has 0 aromatic heterocycles. The third kappa shape index (κ3) is 4.49. The van der Waals surface area contributed by atoms with Crippen molar-refractivity contribution in [3.8, 4) is 11.5 Å². The van der Waals surface area contributed by atoms with Gasteiger partial charge in [-0.1, -0.05) is 15.9 Å². The number of nitrogens with zero attached hydrogens (tertiary/aromatic N) is 1. The summed E-state index contributed by atoms with van der Waals surface area (Å²) < 4.78 is 11.8. The van der Waals surface area contributed by atoms with E-state index in [2.05, 4.69) is 37.2 Å². The molecule has 9 heteroatoms. The maximum absolute atomic E-state index is 12.6. The van der Waals surface area contributed by atoms with Gasteiger partial charge in [0.2, 0.25) is 0 Å². The fourth-order valence-electron chi connectivity index (χ4n) is 2.15. The number of hydrogen-bond donors (Lipinski definition) is 1. The summed E-state index contributed by atoms with van der Waals surface area (Å²) in [5.41, 5.74) is 0.334. The third-order valence-corrected chi connectivity index (χ3v) is 4.22. The molecule has 0 unspecified atom stereocenters. The van der Waals surface area contributed by atoms with E-state index in [0.29, 0.717) is 21.3 Å². The number of carbonyl (C=O) groups excluding carboxylic acids is 1. The molecule has 0 heterocycles. The van der Waals surface area contributed by atoms with Crippen molar-refractivity contribution in [3.05, 3.63) is 55.0 Å². The van der Waals surface area contributed by atoms with E-state index in [4.69, 9.17) is 9.47 Å². The average molecular weight is 474 g/mol. The van der Waals surface area contributed by atoms with Crippen LogP contribution >= 0.6 is 31.9 Å². The number of nitrogens with one attached hydrogen (secondary N) is 1. The Kier molecular flexibility index (Phi) is 6.38. The summed E-state index contributed by atoms with van der Waals surface area (Å²) in [6, 6.07) is 7.59. The molecule has 2 aromatic rings. The molecule has 0 aliphatic heterocycles. The summed E-state index contributed by atoms with van der Waals surface area (Å²) in [4.78, 5) is 23.2. The quantitative estimate of drug-likeness (QED) is 0.481. The molecule has 25 heavy (non-hydrogen) atoms. The van der Waals surface area contributed by atoms with Crippen LogP contribution in [0.5, 0.6) is 11.5 Å². The molecule has 0 aliphatic carbocycles. The van der Waals surface area contributed by atoms with Crippen LogP contribution in [0, 0.1) is 10.1 Å². The van der Waals surface area contributed by atoms with Gasteiger partial charge in [0.1, 0.15) is 5.75 Å². The maximum Gasteiger partial charge on any atom is 0.312 e. The van der Waals surface area contributed by atoms with E-state index >= 15 is 0 Å². The average Bonchev–Trinajstić information content (AvgIpc) is 2.55. The zero-order chi connectivity index (χ0) is 18.6. The molecule has 0 fully saturated rings. The molecule has 7 nitrogen and oxygen atoms in total. The molecule has 1 amide bonds. The van der Waals surface area contributed by atoms with Crippen LogP contribution in [0.2, 0.25) is 0 Å². The van der Waals surface area contributed by atoms with Gasteiger partial charge in [-0.25, -0.2) is 0 Å². The van der Waals surface area contributed by atoms with Crippen LogP contribution in [0.15, 0.2) is 39.3 Å². The first-order valence-corrected chi connectivity index (χ1v) is 8.71.